The third-order valence-corrected chi connectivity index (χ3v) is 4.36. The zero-order valence-electron chi connectivity index (χ0n) is 15.8. The molecular formula is C21H27FN3O2+. The van der Waals surface area contributed by atoms with Gasteiger partial charge in [-0.2, -0.15) is 0 Å². The highest BCUT2D eigenvalue weighted by Crippen LogP contribution is 2.17. The number of carbonyl (C=O) groups excluding carboxylic acids is 2. The van der Waals surface area contributed by atoms with Gasteiger partial charge in [-0.15, -0.1) is 0 Å². The van der Waals surface area contributed by atoms with Gasteiger partial charge in [0.25, 0.3) is 11.8 Å². The van der Waals surface area contributed by atoms with E-state index in [4.69, 9.17) is 0 Å². The molecule has 3 N–H and O–H groups in total. The lowest BCUT2D eigenvalue weighted by Crippen LogP contribution is -3.11. The average molecular weight is 372 g/mol. The SMILES string of the molecule is CC[C@H](CNC(=O)C[NH+](C)CC(=O)Nc1ccc(F)cc1)c1ccccc1. The summed E-state index contributed by atoms with van der Waals surface area (Å²) < 4.78 is 12.9. The lowest BCUT2D eigenvalue weighted by atomic mass is 9.96. The van der Waals surface area contributed by atoms with Gasteiger partial charge in [-0.3, -0.25) is 9.59 Å². The highest BCUT2D eigenvalue weighted by atomic mass is 19.1. The number of rotatable bonds is 9. The van der Waals surface area contributed by atoms with Gasteiger partial charge < -0.3 is 15.5 Å². The van der Waals surface area contributed by atoms with Crippen molar-refractivity contribution in [2.75, 3.05) is 32.0 Å². The summed E-state index contributed by atoms with van der Waals surface area (Å²) in [6, 6.07) is 15.7. The van der Waals surface area contributed by atoms with E-state index in [1.807, 2.05) is 18.2 Å². The predicted octanol–water partition coefficient (Wildman–Crippen LogP) is 1.59. The minimum absolute atomic E-state index is 0.0866. The molecule has 0 aliphatic heterocycles. The Morgan fingerprint density at radius 2 is 1.63 bits per heavy atom. The number of halogens is 1. The standard InChI is InChI=1S/C21H26FN3O2/c1-3-16(17-7-5-4-6-8-17)13-23-20(26)14-25(2)15-21(27)24-19-11-9-18(22)10-12-19/h4-12,16H,3,13-15H2,1-2H3,(H,23,26)(H,24,27)/p+1/t16-/m1/s1. The van der Waals surface area contributed by atoms with Crippen molar-refractivity contribution in [1.82, 2.24) is 5.32 Å². The summed E-state index contributed by atoms with van der Waals surface area (Å²) in [6.45, 7) is 3.04. The number of anilines is 1. The molecule has 2 atom stereocenters. The molecular weight excluding hydrogens is 345 g/mol. The van der Waals surface area contributed by atoms with Crippen LogP contribution in [0.15, 0.2) is 54.6 Å². The first kappa shape index (κ1) is 20.6. The van der Waals surface area contributed by atoms with E-state index >= 15 is 0 Å². The first-order valence-electron chi connectivity index (χ1n) is 9.16. The molecule has 0 spiro atoms. The lowest BCUT2D eigenvalue weighted by Gasteiger charge is -2.18. The molecule has 0 aliphatic carbocycles. The van der Waals surface area contributed by atoms with Crippen molar-refractivity contribution in [3.8, 4) is 0 Å². The Labute approximate surface area is 159 Å². The van der Waals surface area contributed by atoms with Crippen LogP contribution in [-0.4, -0.2) is 38.5 Å². The molecule has 0 heterocycles. The second kappa shape index (κ2) is 10.4. The molecule has 2 rings (SSSR count). The van der Waals surface area contributed by atoms with Gasteiger partial charge in [0.2, 0.25) is 0 Å². The molecule has 0 fully saturated rings. The normalized spacial score (nSPS) is 12.9. The van der Waals surface area contributed by atoms with Crippen LogP contribution in [0.4, 0.5) is 10.1 Å². The highest BCUT2D eigenvalue weighted by molar-refractivity contribution is 5.91. The van der Waals surface area contributed by atoms with Crippen molar-refractivity contribution in [1.29, 1.82) is 0 Å². The van der Waals surface area contributed by atoms with Crippen LogP contribution in [0.25, 0.3) is 0 Å². The summed E-state index contributed by atoms with van der Waals surface area (Å²) in [7, 11) is 1.79. The van der Waals surface area contributed by atoms with Gasteiger partial charge in [0.05, 0.1) is 7.05 Å². The average Bonchev–Trinajstić information content (AvgIpc) is 2.64. The number of benzene rings is 2. The topological polar surface area (TPSA) is 62.6 Å². The predicted molar refractivity (Wildman–Crippen MR) is 104 cm³/mol. The molecule has 27 heavy (non-hydrogen) atoms. The lowest BCUT2D eigenvalue weighted by molar-refractivity contribution is -0.862. The van der Waals surface area contributed by atoms with Crippen LogP contribution in [0, 0.1) is 5.82 Å². The van der Waals surface area contributed by atoms with E-state index in [-0.39, 0.29) is 36.6 Å². The summed E-state index contributed by atoms with van der Waals surface area (Å²) in [6.07, 6.45) is 0.938. The Hall–Kier alpha value is -2.73. The van der Waals surface area contributed by atoms with Crippen LogP contribution in [0.2, 0.25) is 0 Å². The van der Waals surface area contributed by atoms with Crippen LogP contribution < -0.4 is 15.5 Å². The Morgan fingerprint density at radius 3 is 2.26 bits per heavy atom. The molecule has 0 aliphatic rings. The van der Waals surface area contributed by atoms with Gasteiger partial charge in [0, 0.05) is 18.2 Å². The second-order valence-corrected chi connectivity index (χ2v) is 6.69. The maximum Gasteiger partial charge on any atom is 0.279 e. The molecule has 144 valence electrons. The van der Waals surface area contributed by atoms with Gasteiger partial charge >= 0.3 is 0 Å². The molecule has 0 bridgehead atoms. The van der Waals surface area contributed by atoms with Crippen molar-refractivity contribution in [2.45, 2.75) is 19.3 Å². The summed E-state index contributed by atoms with van der Waals surface area (Å²) in [5, 5.41) is 5.66. The van der Waals surface area contributed by atoms with Crippen LogP contribution in [-0.2, 0) is 9.59 Å². The zero-order valence-corrected chi connectivity index (χ0v) is 15.8. The fourth-order valence-electron chi connectivity index (χ4n) is 2.87. The number of carbonyl (C=O) groups is 2. The molecule has 2 amide bonds. The first-order valence-corrected chi connectivity index (χ1v) is 9.16. The third-order valence-electron chi connectivity index (χ3n) is 4.36. The van der Waals surface area contributed by atoms with Gasteiger partial charge in [0.15, 0.2) is 13.1 Å². The van der Waals surface area contributed by atoms with Crippen molar-refractivity contribution < 1.29 is 18.9 Å². The summed E-state index contributed by atoms with van der Waals surface area (Å²) in [4.78, 5) is 25.0. The number of nitrogens with one attached hydrogen (secondary N) is 3. The summed E-state index contributed by atoms with van der Waals surface area (Å²) in [5.41, 5.74) is 1.74. The summed E-state index contributed by atoms with van der Waals surface area (Å²) in [5.74, 6) is -0.385. The van der Waals surface area contributed by atoms with Crippen molar-refractivity contribution in [3.05, 3.63) is 66.0 Å². The Kier molecular flexibility index (Phi) is 7.95. The largest absolute Gasteiger partial charge is 0.351 e. The van der Waals surface area contributed by atoms with E-state index in [9.17, 15) is 14.0 Å². The molecule has 2 aromatic carbocycles. The molecule has 0 saturated heterocycles. The Bertz CT molecular complexity index is 735. The fourth-order valence-corrected chi connectivity index (χ4v) is 2.87. The highest BCUT2D eigenvalue weighted by Gasteiger charge is 2.16. The fraction of sp³-hybridized carbons (Fsp3) is 0.333. The Morgan fingerprint density at radius 1 is 1.00 bits per heavy atom. The van der Waals surface area contributed by atoms with E-state index in [0.717, 1.165) is 11.3 Å². The van der Waals surface area contributed by atoms with Crippen LogP contribution >= 0.6 is 0 Å². The van der Waals surface area contributed by atoms with E-state index in [2.05, 4.69) is 29.7 Å². The quantitative estimate of drug-likeness (QED) is 0.626. The minimum atomic E-state index is -0.353. The van der Waals surface area contributed by atoms with Crippen LogP contribution in [0.1, 0.15) is 24.8 Å². The second-order valence-electron chi connectivity index (χ2n) is 6.69. The van der Waals surface area contributed by atoms with Crippen LogP contribution in [0.5, 0.6) is 0 Å². The summed E-state index contributed by atoms with van der Waals surface area (Å²) >= 11 is 0. The minimum Gasteiger partial charge on any atom is -0.351 e. The molecule has 0 saturated carbocycles. The molecule has 1 unspecified atom stereocenters. The first-order chi connectivity index (χ1) is 13.0. The van der Waals surface area contributed by atoms with Crippen molar-refractivity contribution >= 4 is 17.5 Å². The number of amides is 2. The van der Waals surface area contributed by atoms with Gasteiger partial charge in [0.1, 0.15) is 5.82 Å². The van der Waals surface area contributed by atoms with Crippen molar-refractivity contribution in [2.24, 2.45) is 0 Å². The van der Waals surface area contributed by atoms with Gasteiger partial charge in [-0.05, 0) is 36.2 Å². The van der Waals surface area contributed by atoms with Gasteiger partial charge in [-0.1, -0.05) is 37.3 Å². The molecule has 0 aromatic heterocycles. The monoisotopic (exact) mass is 372 g/mol. The van der Waals surface area contributed by atoms with Crippen LogP contribution in [0.3, 0.4) is 0 Å². The molecule has 2 aromatic rings. The maximum atomic E-state index is 12.9. The molecule has 6 heteroatoms. The van der Waals surface area contributed by atoms with Gasteiger partial charge in [-0.25, -0.2) is 4.39 Å². The zero-order chi connectivity index (χ0) is 19.6. The third kappa shape index (κ3) is 7.19. The number of quaternary nitrogens is 1. The van der Waals surface area contributed by atoms with E-state index in [1.54, 1.807) is 7.05 Å². The van der Waals surface area contributed by atoms with E-state index < -0.39 is 0 Å². The number of likely N-dealkylation sites (N-methyl/N-ethyl adjacent to an activating group) is 1. The Balaban J connectivity index is 1.74. The van der Waals surface area contributed by atoms with Crippen molar-refractivity contribution in [3.63, 3.8) is 0 Å². The van der Waals surface area contributed by atoms with E-state index in [0.29, 0.717) is 12.2 Å². The maximum absolute atomic E-state index is 12.9. The molecule has 0 radical (unpaired) electrons. The number of hydrogen-bond donors (Lipinski definition) is 3. The van der Waals surface area contributed by atoms with E-state index in [1.165, 1.54) is 29.8 Å². The molecule has 5 nitrogen and oxygen atoms in total. The number of hydrogen-bond acceptors (Lipinski definition) is 2. The smallest absolute Gasteiger partial charge is 0.279 e.